The van der Waals surface area contributed by atoms with Crippen molar-refractivity contribution >= 4 is 5.82 Å². The summed E-state index contributed by atoms with van der Waals surface area (Å²) in [6, 6.07) is 3.99. The van der Waals surface area contributed by atoms with Gasteiger partial charge >= 0.3 is 0 Å². The van der Waals surface area contributed by atoms with Crippen molar-refractivity contribution in [1.29, 1.82) is 0 Å². The van der Waals surface area contributed by atoms with Crippen molar-refractivity contribution in [2.24, 2.45) is 0 Å². The van der Waals surface area contributed by atoms with Crippen LogP contribution in [0.1, 0.15) is 18.3 Å². The lowest BCUT2D eigenvalue weighted by Gasteiger charge is -2.09. The van der Waals surface area contributed by atoms with E-state index < -0.39 is 0 Å². The molecule has 0 radical (unpaired) electrons. The van der Waals surface area contributed by atoms with Crippen LogP contribution in [0.4, 0.5) is 5.82 Å². The second-order valence-electron chi connectivity index (χ2n) is 4.27. The number of nitrogens with one attached hydrogen (secondary N) is 1. The average molecular weight is 258 g/mol. The molecular formula is C14H18N4O. The fourth-order valence-electron chi connectivity index (χ4n) is 1.81. The van der Waals surface area contributed by atoms with Gasteiger partial charge in [0, 0.05) is 37.7 Å². The predicted octanol–water partition coefficient (Wildman–Crippen LogP) is 2.43. The molecule has 2 aromatic heterocycles. The summed E-state index contributed by atoms with van der Waals surface area (Å²) in [5.74, 6) is 1.47. The molecule has 0 atom stereocenters. The minimum atomic E-state index is 0.394. The molecule has 1 N–H and O–H groups in total. The molecule has 0 saturated heterocycles. The number of nitrogens with zero attached hydrogens (tertiary/aromatic N) is 3. The zero-order valence-electron chi connectivity index (χ0n) is 11.5. The van der Waals surface area contributed by atoms with Crippen molar-refractivity contribution in [1.82, 2.24) is 15.0 Å². The smallest absolute Gasteiger partial charge is 0.157 e. The first kappa shape index (κ1) is 13.4. The van der Waals surface area contributed by atoms with Crippen molar-refractivity contribution in [3.8, 4) is 11.3 Å². The van der Waals surface area contributed by atoms with Crippen LogP contribution in [0, 0.1) is 6.92 Å². The molecule has 0 aliphatic rings. The van der Waals surface area contributed by atoms with Gasteiger partial charge in [-0.15, -0.1) is 0 Å². The average Bonchev–Trinajstić information content (AvgIpc) is 2.39. The molecule has 5 heteroatoms. The van der Waals surface area contributed by atoms with Crippen LogP contribution in [0.3, 0.4) is 0 Å². The fourth-order valence-corrected chi connectivity index (χ4v) is 1.81. The third-order valence-corrected chi connectivity index (χ3v) is 2.57. The van der Waals surface area contributed by atoms with Crippen molar-refractivity contribution in [2.45, 2.75) is 20.5 Å². The van der Waals surface area contributed by atoms with Gasteiger partial charge in [-0.3, -0.25) is 4.98 Å². The van der Waals surface area contributed by atoms with Gasteiger partial charge in [-0.1, -0.05) is 0 Å². The molecule has 0 fully saturated rings. The van der Waals surface area contributed by atoms with E-state index in [0.29, 0.717) is 12.4 Å². The van der Waals surface area contributed by atoms with E-state index in [2.05, 4.69) is 26.3 Å². The maximum atomic E-state index is 5.11. The van der Waals surface area contributed by atoms with E-state index in [1.165, 1.54) is 0 Å². The molecule has 2 heterocycles. The Balaban J connectivity index is 2.43. The molecule has 0 bridgehead atoms. The van der Waals surface area contributed by atoms with Crippen LogP contribution >= 0.6 is 0 Å². The molecule has 2 aromatic rings. The van der Waals surface area contributed by atoms with E-state index in [1.807, 2.05) is 32.3 Å². The third kappa shape index (κ3) is 3.48. The molecule has 0 amide bonds. The van der Waals surface area contributed by atoms with Crippen molar-refractivity contribution in [2.75, 3.05) is 19.0 Å². The number of ether oxygens (including phenoxy) is 1. The number of aryl methyl sites for hydroxylation is 1. The Morgan fingerprint density at radius 1 is 1.21 bits per heavy atom. The summed E-state index contributed by atoms with van der Waals surface area (Å²) in [5, 5.41) is 3.20. The van der Waals surface area contributed by atoms with Crippen LogP contribution in [-0.4, -0.2) is 28.6 Å². The molecule has 0 aliphatic heterocycles. The second kappa shape index (κ2) is 6.24. The van der Waals surface area contributed by atoms with Crippen molar-refractivity contribution < 1.29 is 4.74 Å². The van der Waals surface area contributed by atoms with Crippen LogP contribution in [0.5, 0.6) is 0 Å². The van der Waals surface area contributed by atoms with E-state index in [0.717, 1.165) is 29.2 Å². The van der Waals surface area contributed by atoms with Gasteiger partial charge in [0.25, 0.3) is 0 Å². The number of methoxy groups -OCH3 is 1. The van der Waals surface area contributed by atoms with E-state index in [9.17, 15) is 0 Å². The summed E-state index contributed by atoms with van der Waals surface area (Å²) in [7, 11) is 1.64. The normalized spacial score (nSPS) is 10.5. The molecule has 100 valence electrons. The Hall–Kier alpha value is -2.01. The highest BCUT2D eigenvalue weighted by atomic mass is 16.5. The zero-order chi connectivity index (χ0) is 13.7. The van der Waals surface area contributed by atoms with Gasteiger partial charge in [-0.05, 0) is 25.5 Å². The molecule has 0 spiro atoms. The molecule has 2 rings (SSSR count). The van der Waals surface area contributed by atoms with Gasteiger partial charge in [-0.2, -0.15) is 0 Å². The number of aromatic nitrogens is 3. The summed E-state index contributed by atoms with van der Waals surface area (Å²) in [6.45, 7) is 5.26. The number of anilines is 1. The lowest BCUT2D eigenvalue weighted by atomic mass is 10.1. The first-order valence-corrected chi connectivity index (χ1v) is 6.25. The predicted molar refractivity (Wildman–Crippen MR) is 74.9 cm³/mol. The molecule has 0 aliphatic carbocycles. The summed E-state index contributed by atoms with van der Waals surface area (Å²) in [5.41, 5.74) is 2.95. The Kier molecular flexibility index (Phi) is 4.41. The monoisotopic (exact) mass is 258 g/mol. The van der Waals surface area contributed by atoms with Crippen LogP contribution in [-0.2, 0) is 11.3 Å². The summed E-state index contributed by atoms with van der Waals surface area (Å²) < 4.78 is 5.11. The Morgan fingerprint density at radius 3 is 2.74 bits per heavy atom. The summed E-state index contributed by atoms with van der Waals surface area (Å²) in [6.07, 6.45) is 3.63. The molecule has 0 unspecified atom stereocenters. The molecule has 5 nitrogen and oxygen atoms in total. The first-order chi connectivity index (χ1) is 9.22. The minimum Gasteiger partial charge on any atom is -0.377 e. The largest absolute Gasteiger partial charge is 0.377 e. The van der Waals surface area contributed by atoms with Crippen LogP contribution in [0.2, 0.25) is 0 Å². The lowest BCUT2D eigenvalue weighted by Crippen LogP contribution is -2.05. The van der Waals surface area contributed by atoms with Gasteiger partial charge in [0.15, 0.2) is 5.82 Å². The van der Waals surface area contributed by atoms with Gasteiger partial charge in [0.1, 0.15) is 12.4 Å². The highest BCUT2D eigenvalue weighted by molar-refractivity contribution is 5.62. The molecule has 0 aromatic carbocycles. The third-order valence-electron chi connectivity index (χ3n) is 2.57. The van der Waals surface area contributed by atoms with Crippen LogP contribution in [0.15, 0.2) is 24.5 Å². The maximum Gasteiger partial charge on any atom is 0.157 e. The van der Waals surface area contributed by atoms with E-state index >= 15 is 0 Å². The first-order valence-electron chi connectivity index (χ1n) is 6.25. The number of pyridine rings is 1. The molecular weight excluding hydrogens is 240 g/mol. The molecule has 19 heavy (non-hydrogen) atoms. The van der Waals surface area contributed by atoms with Crippen molar-refractivity contribution in [3.05, 3.63) is 35.9 Å². The quantitative estimate of drug-likeness (QED) is 0.892. The standard InChI is InChI=1S/C14H18N4O/c1-4-16-13-6-12(17-14(18-13)9-19-3)11-5-10(2)7-15-8-11/h5-8H,4,9H2,1-3H3,(H,16,17,18). The van der Waals surface area contributed by atoms with Gasteiger partial charge < -0.3 is 10.1 Å². The SMILES string of the molecule is CCNc1cc(-c2cncc(C)c2)nc(COC)n1. The van der Waals surface area contributed by atoms with Gasteiger partial charge in [0.05, 0.1) is 5.69 Å². The molecule has 0 saturated carbocycles. The summed E-state index contributed by atoms with van der Waals surface area (Å²) in [4.78, 5) is 13.1. The zero-order valence-corrected chi connectivity index (χ0v) is 11.5. The van der Waals surface area contributed by atoms with E-state index in [-0.39, 0.29) is 0 Å². The number of hydrogen-bond donors (Lipinski definition) is 1. The van der Waals surface area contributed by atoms with Crippen LogP contribution < -0.4 is 5.32 Å². The number of hydrogen-bond acceptors (Lipinski definition) is 5. The van der Waals surface area contributed by atoms with Gasteiger partial charge in [0.2, 0.25) is 0 Å². The Morgan fingerprint density at radius 2 is 2.05 bits per heavy atom. The fraction of sp³-hybridized carbons (Fsp3) is 0.357. The summed E-state index contributed by atoms with van der Waals surface area (Å²) >= 11 is 0. The highest BCUT2D eigenvalue weighted by Crippen LogP contribution is 2.20. The van der Waals surface area contributed by atoms with Crippen LogP contribution in [0.25, 0.3) is 11.3 Å². The van der Waals surface area contributed by atoms with Gasteiger partial charge in [-0.25, -0.2) is 9.97 Å². The number of rotatable bonds is 5. The maximum absolute atomic E-state index is 5.11. The Labute approximate surface area is 113 Å². The Bertz CT molecular complexity index is 533. The van der Waals surface area contributed by atoms with E-state index in [4.69, 9.17) is 4.74 Å². The highest BCUT2D eigenvalue weighted by Gasteiger charge is 2.07. The lowest BCUT2D eigenvalue weighted by molar-refractivity contribution is 0.178. The minimum absolute atomic E-state index is 0.394. The van der Waals surface area contributed by atoms with E-state index in [1.54, 1.807) is 7.11 Å². The van der Waals surface area contributed by atoms with Crippen molar-refractivity contribution in [3.63, 3.8) is 0 Å². The second-order valence-corrected chi connectivity index (χ2v) is 4.27. The topological polar surface area (TPSA) is 59.9 Å².